The molecule has 0 bridgehead atoms. The van der Waals surface area contributed by atoms with Crippen molar-refractivity contribution in [3.05, 3.63) is 84.4 Å². The summed E-state index contributed by atoms with van der Waals surface area (Å²) < 4.78 is 0. The maximum atomic E-state index is 3.39. The first-order valence-electron chi connectivity index (χ1n) is 9.86. The van der Waals surface area contributed by atoms with Crippen LogP contribution in [0.3, 0.4) is 0 Å². The van der Waals surface area contributed by atoms with Crippen molar-refractivity contribution in [3.63, 3.8) is 0 Å². The van der Waals surface area contributed by atoms with Crippen LogP contribution in [0.5, 0.6) is 0 Å². The van der Waals surface area contributed by atoms with Crippen molar-refractivity contribution in [3.8, 4) is 0 Å². The Labute approximate surface area is 162 Å². The SMILES string of the molecule is CCCCCCc1ccc(NNc2ccc(Nc3ccccc3)cc2)cc1. The third-order valence-corrected chi connectivity index (χ3v) is 4.57. The van der Waals surface area contributed by atoms with Crippen LogP contribution in [-0.4, -0.2) is 0 Å². The second kappa shape index (κ2) is 10.3. The van der Waals surface area contributed by atoms with E-state index in [9.17, 15) is 0 Å². The number of benzene rings is 3. The monoisotopic (exact) mass is 359 g/mol. The predicted octanol–water partition coefficient (Wildman–Crippen LogP) is 6.99. The molecule has 0 aromatic heterocycles. The summed E-state index contributed by atoms with van der Waals surface area (Å²) in [7, 11) is 0. The molecule has 0 saturated carbocycles. The molecule has 0 fully saturated rings. The molecule has 0 aliphatic rings. The highest BCUT2D eigenvalue weighted by molar-refractivity contribution is 5.63. The summed E-state index contributed by atoms with van der Waals surface area (Å²) in [5, 5.41) is 3.39. The van der Waals surface area contributed by atoms with Gasteiger partial charge in [-0.25, -0.2) is 0 Å². The highest BCUT2D eigenvalue weighted by Gasteiger charge is 1.98. The van der Waals surface area contributed by atoms with Gasteiger partial charge in [0.05, 0.1) is 11.4 Å². The smallest absolute Gasteiger partial charge is 0.0541 e. The Balaban J connectivity index is 1.45. The molecule has 3 N–H and O–H groups in total. The summed E-state index contributed by atoms with van der Waals surface area (Å²) in [6.45, 7) is 2.25. The molecular formula is C24H29N3. The molecule has 3 nitrogen and oxygen atoms in total. The molecule has 3 heteroatoms. The first-order valence-corrected chi connectivity index (χ1v) is 9.86. The normalized spacial score (nSPS) is 10.4. The lowest BCUT2D eigenvalue weighted by molar-refractivity contribution is 0.667. The Bertz CT molecular complexity index is 780. The van der Waals surface area contributed by atoms with Gasteiger partial charge in [0.15, 0.2) is 0 Å². The van der Waals surface area contributed by atoms with E-state index in [1.807, 2.05) is 18.2 Å². The maximum absolute atomic E-state index is 3.39. The van der Waals surface area contributed by atoms with Gasteiger partial charge in [-0.2, -0.15) is 0 Å². The molecule has 0 amide bonds. The first-order chi connectivity index (χ1) is 13.3. The standard InChI is InChI=1S/C24H29N3/c1-2-3-4-6-9-20-12-14-23(15-13-20)26-27-24-18-16-22(17-19-24)25-21-10-7-5-8-11-21/h5,7-8,10-19,25-27H,2-4,6,9H2,1H3. The number of hydrogen-bond donors (Lipinski definition) is 3. The fourth-order valence-corrected chi connectivity index (χ4v) is 2.98. The van der Waals surface area contributed by atoms with Crippen LogP contribution in [0.25, 0.3) is 0 Å². The highest BCUT2D eigenvalue weighted by atomic mass is 15.4. The van der Waals surface area contributed by atoms with Gasteiger partial charge in [-0.1, -0.05) is 56.5 Å². The van der Waals surface area contributed by atoms with Gasteiger partial charge in [0.1, 0.15) is 0 Å². The molecule has 3 aromatic carbocycles. The van der Waals surface area contributed by atoms with Crippen LogP contribution < -0.4 is 16.2 Å². The largest absolute Gasteiger partial charge is 0.356 e. The Morgan fingerprint density at radius 2 is 1.11 bits per heavy atom. The van der Waals surface area contributed by atoms with Gasteiger partial charge in [-0.05, 0) is 66.9 Å². The van der Waals surface area contributed by atoms with Crippen molar-refractivity contribution in [2.24, 2.45) is 0 Å². The van der Waals surface area contributed by atoms with E-state index in [-0.39, 0.29) is 0 Å². The fraction of sp³-hybridized carbons (Fsp3) is 0.250. The molecule has 0 saturated heterocycles. The summed E-state index contributed by atoms with van der Waals surface area (Å²) in [4.78, 5) is 0. The van der Waals surface area contributed by atoms with Gasteiger partial charge in [-0.3, -0.25) is 0 Å². The van der Waals surface area contributed by atoms with Crippen LogP contribution in [0.4, 0.5) is 22.7 Å². The van der Waals surface area contributed by atoms with Gasteiger partial charge in [0.2, 0.25) is 0 Å². The molecule has 3 rings (SSSR count). The molecule has 0 aliphatic heterocycles. The van der Waals surface area contributed by atoms with Crippen LogP contribution in [-0.2, 0) is 6.42 Å². The Morgan fingerprint density at radius 1 is 0.556 bits per heavy atom. The highest BCUT2D eigenvalue weighted by Crippen LogP contribution is 2.19. The van der Waals surface area contributed by atoms with Crippen LogP contribution >= 0.6 is 0 Å². The van der Waals surface area contributed by atoms with Gasteiger partial charge in [0, 0.05) is 11.4 Å². The third kappa shape index (κ3) is 6.37. The number of nitrogens with one attached hydrogen (secondary N) is 3. The molecule has 0 aliphatic carbocycles. The fourth-order valence-electron chi connectivity index (χ4n) is 2.98. The molecule has 0 unspecified atom stereocenters. The molecule has 0 spiro atoms. The average molecular weight is 360 g/mol. The van der Waals surface area contributed by atoms with Crippen molar-refractivity contribution in [1.29, 1.82) is 0 Å². The van der Waals surface area contributed by atoms with Crippen molar-refractivity contribution >= 4 is 22.7 Å². The van der Waals surface area contributed by atoms with Crippen molar-refractivity contribution in [2.45, 2.75) is 39.0 Å². The average Bonchev–Trinajstić information content (AvgIpc) is 2.72. The number of hydrogen-bond acceptors (Lipinski definition) is 3. The van der Waals surface area contributed by atoms with Crippen LogP contribution in [0, 0.1) is 0 Å². The van der Waals surface area contributed by atoms with Gasteiger partial charge < -0.3 is 16.2 Å². The first kappa shape index (κ1) is 18.8. The third-order valence-electron chi connectivity index (χ3n) is 4.57. The number of anilines is 4. The summed E-state index contributed by atoms with van der Waals surface area (Å²) in [5.41, 5.74) is 12.2. The zero-order chi connectivity index (χ0) is 18.7. The van der Waals surface area contributed by atoms with Gasteiger partial charge in [-0.15, -0.1) is 0 Å². The Morgan fingerprint density at radius 3 is 1.74 bits per heavy atom. The van der Waals surface area contributed by atoms with Gasteiger partial charge >= 0.3 is 0 Å². The summed E-state index contributed by atoms with van der Waals surface area (Å²) in [5.74, 6) is 0. The lowest BCUT2D eigenvalue weighted by Crippen LogP contribution is -2.08. The Kier molecular flexibility index (Phi) is 7.16. The lowest BCUT2D eigenvalue weighted by atomic mass is 10.1. The summed E-state index contributed by atoms with van der Waals surface area (Å²) >= 11 is 0. The summed E-state index contributed by atoms with van der Waals surface area (Å²) in [6.07, 6.45) is 6.40. The molecule has 27 heavy (non-hydrogen) atoms. The topological polar surface area (TPSA) is 36.1 Å². The van der Waals surface area contributed by atoms with Crippen LogP contribution in [0.1, 0.15) is 38.2 Å². The van der Waals surface area contributed by atoms with E-state index in [1.165, 1.54) is 37.7 Å². The molecule has 0 atom stereocenters. The van der Waals surface area contributed by atoms with E-state index < -0.39 is 0 Å². The molecule has 3 aromatic rings. The number of aryl methyl sites for hydroxylation is 1. The minimum Gasteiger partial charge on any atom is -0.356 e. The van der Waals surface area contributed by atoms with Crippen molar-refractivity contribution in [2.75, 3.05) is 16.2 Å². The molecular weight excluding hydrogens is 330 g/mol. The van der Waals surface area contributed by atoms with E-state index in [0.29, 0.717) is 0 Å². The van der Waals surface area contributed by atoms with Gasteiger partial charge in [0.25, 0.3) is 0 Å². The van der Waals surface area contributed by atoms with E-state index in [0.717, 1.165) is 22.7 Å². The number of unbranched alkanes of at least 4 members (excludes halogenated alkanes) is 3. The van der Waals surface area contributed by atoms with Crippen molar-refractivity contribution < 1.29 is 0 Å². The number of para-hydroxylation sites is 1. The van der Waals surface area contributed by atoms with Crippen molar-refractivity contribution in [1.82, 2.24) is 0 Å². The molecule has 140 valence electrons. The number of rotatable bonds is 10. The lowest BCUT2D eigenvalue weighted by Gasteiger charge is -2.12. The number of hydrazine groups is 1. The van der Waals surface area contributed by atoms with E-state index in [4.69, 9.17) is 0 Å². The second-order valence-electron chi connectivity index (χ2n) is 6.83. The zero-order valence-electron chi connectivity index (χ0n) is 16.0. The zero-order valence-corrected chi connectivity index (χ0v) is 16.0. The van der Waals surface area contributed by atoms with E-state index >= 15 is 0 Å². The predicted molar refractivity (Wildman–Crippen MR) is 118 cm³/mol. The quantitative estimate of drug-likeness (QED) is 0.269. The Hall–Kier alpha value is -2.94. The van der Waals surface area contributed by atoms with E-state index in [2.05, 4.69) is 83.8 Å². The van der Waals surface area contributed by atoms with E-state index in [1.54, 1.807) is 0 Å². The minimum atomic E-state index is 1.03. The van der Waals surface area contributed by atoms with Crippen LogP contribution in [0.15, 0.2) is 78.9 Å². The summed E-state index contributed by atoms with van der Waals surface area (Å²) in [6, 6.07) is 27.1. The maximum Gasteiger partial charge on any atom is 0.0541 e. The second-order valence-corrected chi connectivity index (χ2v) is 6.83. The van der Waals surface area contributed by atoms with Crippen LogP contribution in [0.2, 0.25) is 0 Å². The molecule has 0 radical (unpaired) electrons. The molecule has 0 heterocycles. The minimum absolute atomic E-state index is 1.03.